The highest BCUT2D eigenvalue weighted by Crippen LogP contribution is 2.35. The SMILES string of the molecule is CC1(C(Cl)Cl)CO1. The normalized spacial score (nSPS) is 39.4. The molecule has 0 aromatic carbocycles. The van der Waals surface area contributed by atoms with Crippen molar-refractivity contribution in [3.05, 3.63) is 0 Å². The van der Waals surface area contributed by atoms with Crippen LogP contribution < -0.4 is 0 Å². The Morgan fingerprint density at radius 3 is 2.14 bits per heavy atom. The van der Waals surface area contributed by atoms with Gasteiger partial charge in [-0.3, -0.25) is 0 Å². The minimum absolute atomic E-state index is 0.219. The van der Waals surface area contributed by atoms with Crippen molar-refractivity contribution in [3.8, 4) is 0 Å². The average Bonchev–Trinajstić information content (AvgIpc) is 2.21. The van der Waals surface area contributed by atoms with Crippen LogP contribution in [-0.2, 0) is 4.74 Å². The Labute approximate surface area is 52.5 Å². The zero-order chi connectivity index (χ0) is 5.49. The van der Waals surface area contributed by atoms with Crippen molar-refractivity contribution in [1.29, 1.82) is 0 Å². The molecule has 1 rings (SSSR count). The number of halogens is 2. The van der Waals surface area contributed by atoms with Crippen LogP contribution in [0, 0.1) is 0 Å². The van der Waals surface area contributed by atoms with Crippen LogP contribution in [0.1, 0.15) is 6.92 Å². The van der Waals surface area contributed by atoms with Crippen molar-refractivity contribution in [3.63, 3.8) is 0 Å². The number of ether oxygens (including phenoxy) is 1. The van der Waals surface area contributed by atoms with E-state index in [9.17, 15) is 0 Å². The minimum atomic E-state index is -0.368. The second kappa shape index (κ2) is 1.51. The third-order valence-electron chi connectivity index (χ3n) is 1.06. The molecule has 0 saturated carbocycles. The Morgan fingerprint density at radius 2 is 2.14 bits per heavy atom. The third-order valence-corrected chi connectivity index (χ3v) is 1.98. The van der Waals surface area contributed by atoms with Crippen LogP contribution in [0.4, 0.5) is 0 Å². The number of hydrogen-bond acceptors (Lipinski definition) is 1. The maximum atomic E-state index is 5.46. The lowest BCUT2D eigenvalue weighted by Crippen LogP contribution is -2.13. The van der Waals surface area contributed by atoms with E-state index in [0.29, 0.717) is 6.61 Å². The van der Waals surface area contributed by atoms with Crippen LogP contribution in [-0.4, -0.2) is 17.0 Å². The maximum absolute atomic E-state index is 5.46. The molecule has 0 bridgehead atoms. The minimum Gasteiger partial charge on any atom is -0.367 e. The Hall–Kier alpha value is 0.540. The first-order valence-electron chi connectivity index (χ1n) is 2.07. The summed E-state index contributed by atoms with van der Waals surface area (Å²) in [6.07, 6.45) is 0. The molecule has 1 saturated heterocycles. The highest BCUT2D eigenvalue weighted by molar-refractivity contribution is 6.45. The lowest BCUT2D eigenvalue weighted by atomic mass is 10.2. The largest absolute Gasteiger partial charge is 0.367 e. The van der Waals surface area contributed by atoms with Gasteiger partial charge in [-0.1, -0.05) is 0 Å². The van der Waals surface area contributed by atoms with Gasteiger partial charge in [0.25, 0.3) is 0 Å². The molecule has 1 heterocycles. The van der Waals surface area contributed by atoms with E-state index >= 15 is 0 Å². The van der Waals surface area contributed by atoms with Gasteiger partial charge in [-0.05, 0) is 6.92 Å². The zero-order valence-electron chi connectivity index (χ0n) is 3.95. The van der Waals surface area contributed by atoms with Crippen molar-refractivity contribution < 1.29 is 4.74 Å². The van der Waals surface area contributed by atoms with E-state index in [1.807, 2.05) is 6.92 Å². The first-order chi connectivity index (χ1) is 3.15. The predicted octanol–water partition coefficient (Wildman–Crippen LogP) is 1.58. The van der Waals surface area contributed by atoms with Gasteiger partial charge in [0, 0.05) is 0 Å². The Kier molecular flexibility index (Phi) is 1.22. The molecule has 42 valence electrons. The Bertz CT molecular complexity index is 77.8. The van der Waals surface area contributed by atoms with E-state index in [0.717, 1.165) is 0 Å². The zero-order valence-corrected chi connectivity index (χ0v) is 5.46. The van der Waals surface area contributed by atoms with Gasteiger partial charge in [-0.15, -0.1) is 23.2 Å². The molecule has 1 aliphatic heterocycles. The van der Waals surface area contributed by atoms with E-state index in [1.54, 1.807) is 0 Å². The summed E-state index contributed by atoms with van der Waals surface area (Å²) in [6, 6.07) is 0. The monoisotopic (exact) mass is 140 g/mol. The molecule has 1 aliphatic rings. The summed E-state index contributed by atoms with van der Waals surface area (Å²) < 4.78 is 4.89. The van der Waals surface area contributed by atoms with Gasteiger partial charge in [0.2, 0.25) is 0 Å². The molecule has 0 amide bonds. The Morgan fingerprint density at radius 1 is 1.71 bits per heavy atom. The van der Waals surface area contributed by atoms with Crippen molar-refractivity contribution in [1.82, 2.24) is 0 Å². The summed E-state index contributed by atoms with van der Waals surface area (Å²) in [4.78, 5) is -0.368. The van der Waals surface area contributed by atoms with Gasteiger partial charge in [-0.25, -0.2) is 0 Å². The number of epoxide rings is 1. The molecule has 0 aromatic rings. The van der Waals surface area contributed by atoms with Crippen molar-refractivity contribution >= 4 is 23.2 Å². The molecule has 0 N–H and O–H groups in total. The standard InChI is InChI=1S/C4H6Cl2O/c1-4(2-7-4)3(5)6/h3H,2H2,1H3. The van der Waals surface area contributed by atoms with E-state index in [2.05, 4.69) is 0 Å². The number of rotatable bonds is 1. The van der Waals surface area contributed by atoms with Gasteiger partial charge in [0.1, 0.15) is 10.4 Å². The second-order valence-corrected chi connectivity index (χ2v) is 3.00. The van der Waals surface area contributed by atoms with E-state index in [4.69, 9.17) is 27.9 Å². The number of alkyl halides is 2. The first kappa shape index (κ1) is 5.67. The van der Waals surface area contributed by atoms with Crippen LogP contribution >= 0.6 is 23.2 Å². The van der Waals surface area contributed by atoms with E-state index in [-0.39, 0.29) is 10.4 Å². The quantitative estimate of drug-likeness (QED) is 0.399. The molecule has 1 fully saturated rings. The molecular formula is C4H6Cl2O. The van der Waals surface area contributed by atoms with Crippen LogP contribution in [0.2, 0.25) is 0 Å². The van der Waals surface area contributed by atoms with Crippen molar-refractivity contribution in [2.24, 2.45) is 0 Å². The highest BCUT2D eigenvalue weighted by Gasteiger charge is 2.45. The fraction of sp³-hybridized carbons (Fsp3) is 1.00. The smallest absolute Gasteiger partial charge is 0.138 e. The molecule has 1 nitrogen and oxygen atoms in total. The van der Waals surface area contributed by atoms with Gasteiger partial charge in [-0.2, -0.15) is 0 Å². The third kappa shape index (κ3) is 1.01. The summed E-state index contributed by atoms with van der Waals surface area (Å²) in [5.74, 6) is 0. The molecule has 0 radical (unpaired) electrons. The fourth-order valence-corrected chi connectivity index (χ4v) is 0.492. The van der Waals surface area contributed by atoms with Gasteiger partial charge in [0.05, 0.1) is 6.61 Å². The second-order valence-electron chi connectivity index (χ2n) is 1.90. The summed E-state index contributed by atoms with van der Waals surface area (Å²) in [7, 11) is 0. The molecule has 7 heavy (non-hydrogen) atoms. The van der Waals surface area contributed by atoms with E-state index in [1.165, 1.54) is 0 Å². The van der Waals surface area contributed by atoms with Gasteiger partial charge >= 0.3 is 0 Å². The molecule has 1 unspecified atom stereocenters. The van der Waals surface area contributed by atoms with Gasteiger partial charge in [0.15, 0.2) is 0 Å². The predicted molar refractivity (Wildman–Crippen MR) is 29.9 cm³/mol. The van der Waals surface area contributed by atoms with Gasteiger partial charge < -0.3 is 4.74 Å². The van der Waals surface area contributed by atoms with Crippen LogP contribution in [0.5, 0.6) is 0 Å². The maximum Gasteiger partial charge on any atom is 0.138 e. The van der Waals surface area contributed by atoms with Crippen molar-refractivity contribution in [2.75, 3.05) is 6.61 Å². The topological polar surface area (TPSA) is 12.5 Å². The average molecular weight is 141 g/mol. The molecule has 0 aromatic heterocycles. The molecule has 0 aliphatic carbocycles. The lowest BCUT2D eigenvalue weighted by Gasteiger charge is -2.01. The lowest BCUT2D eigenvalue weighted by molar-refractivity contribution is 0.337. The van der Waals surface area contributed by atoms with Crippen LogP contribution in [0.15, 0.2) is 0 Å². The fourth-order valence-electron chi connectivity index (χ4n) is 0.240. The Balaban J connectivity index is 2.39. The first-order valence-corrected chi connectivity index (χ1v) is 2.94. The molecule has 0 spiro atoms. The molecule has 1 atom stereocenters. The summed E-state index contributed by atoms with van der Waals surface area (Å²) >= 11 is 10.9. The summed E-state index contributed by atoms with van der Waals surface area (Å²) in [5.41, 5.74) is -0.219. The molecular weight excluding hydrogens is 135 g/mol. The van der Waals surface area contributed by atoms with E-state index < -0.39 is 0 Å². The summed E-state index contributed by atoms with van der Waals surface area (Å²) in [6.45, 7) is 2.59. The van der Waals surface area contributed by atoms with Crippen LogP contribution in [0.25, 0.3) is 0 Å². The van der Waals surface area contributed by atoms with Crippen LogP contribution in [0.3, 0.4) is 0 Å². The summed E-state index contributed by atoms with van der Waals surface area (Å²) in [5, 5.41) is 0. The highest BCUT2D eigenvalue weighted by atomic mass is 35.5. The number of hydrogen-bond donors (Lipinski definition) is 0. The molecule has 3 heteroatoms. The van der Waals surface area contributed by atoms with Crippen molar-refractivity contribution in [2.45, 2.75) is 17.4 Å².